The predicted octanol–water partition coefficient (Wildman–Crippen LogP) is 4.13. The number of allylic oxidation sites excluding steroid dienone is 1. The van der Waals surface area contributed by atoms with E-state index in [0.717, 1.165) is 17.7 Å². The van der Waals surface area contributed by atoms with Gasteiger partial charge in [-0.25, -0.2) is 0 Å². The molecule has 0 saturated carbocycles. The molecule has 1 fully saturated rings. The predicted molar refractivity (Wildman–Crippen MR) is 128 cm³/mol. The number of carbonyl (C=O) groups excluding carboxylic acids is 2. The summed E-state index contributed by atoms with van der Waals surface area (Å²) in [6, 6.07) is 25.1. The second kappa shape index (κ2) is 8.16. The zero-order valence-electron chi connectivity index (χ0n) is 17.3. The second-order valence-electron chi connectivity index (χ2n) is 8.48. The van der Waals surface area contributed by atoms with Gasteiger partial charge in [0, 0.05) is 0 Å². The van der Waals surface area contributed by atoms with Gasteiger partial charge in [-0.1, -0.05) is 0 Å². The van der Waals surface area contributed by atoms with Crippen LogP contribution in [-0.2, 0) is 17.8 Å². The summed E-state index contributed by atoms with van der Waals surface area (Å²) in [5.74, 6) is 0.757. The van der Waals surface area contributed by atoms with Crippen LogP contribution in [0.2, 0.25) is 0 Å². The number of carbonyl (C=O) groups is 2. The molecule has 6 heteroatoms. The van der Waals surface area contributed by atoms with E-state index >= 15 is 0 Å². The average molecular weight is 541 g/mol. The summed E-state index contributed by atoms with van der Waals surface area (Å²) >= 11 is -1.26. The summed E-state index contributed by atoms with van der Waals surface area (Å²) in [6.45, 7) is 0.559. The van der Waals surface area contributed by atoms with Gasteiger partial charge in [-0.15, -0.1) is 0 Å². The number of hydrogen-bond donors (Lipinski definition) is 1. The third-order valence-corrected chi connectivity index (χ3v) is 19.3. The van der Waals surface area contributed by atoms with Crippen molar-refractivity contribution < 1.29 is 14.3 Å². The summed E-state index contributed by atoms with van der Waals surface area (Å²) in [6.07, 6.45) is 3.29. The zero-order valence-corrected chi connectivity index (χ0v) is 21.4. The number of imide groups is 1. The van der Waals surface area contributed by atoms with Crippen LogP contribution in [0.25, 0.3) is 6.08 Å². The SMILES string of the molecule is O=C1NC(=O)C([CH]2c3ccc[c]4c3C=[C](Cc3ccc(OCc5ccccc5)cc3)[In]42)S1. The third-order valence-electron chi connectivity index (χ3n) is 6.58. The van der Waals surface area contributed by atoms with E-state index in [2.05, 4.69) is 53.9 Å². The molecule has 2 unspecified atom stereocenters. The molecule has 3 heterocycles. The molecule has 0 radical (unpaired) electrons. The van der Waals surface area contributed by atoms with Gasteiger partial charge in [0.25, 0.3) is 0 Å². The van der Waals surface area contributed by atoms with Crippen molar-refractivity contribution in [2.45, 2.75) is 22.0 Å². The van der Waals surface area contributed by atoms with Crippen molar-refractivity contribution >= 4 is 53.7 Å². The van der Waals surface area contributed by atoms with Crippen LogP contribution in [0.1, 0.15) is 25.9 Å². The van der Waals surface area contributed by atoms with E-state index in [1.165, 1.54) is 35.1 Å². The van der Waals surface area contributed by atoms with Crippen LogP contribution in [-0.4, -0.2) is 37.8 Å². The Labute approximate surface area is 198 Å². The first-order chi connectivity index (χ1) is 15.7. The standard InChI is InChI=1S/C26H20NO3S.In/c28-25-24(31-26(29)27-25)17-22-11-5-4-10-21(22)12-6-9-19-13-15-23(16-14-19)30-18-20-7-2-1-3-8-20;/h1-5,7-8,11-17,24H,9,18H2,(H,27,28,29);. The van der Waals surface area contributed by atoms with Crippen molar-refractivity contribution in [3.05, 3.63) is 98.4 Å². The van der Waals surface area contributed by atoms with E-state index < -0.39 is 21.4 Å². The molecule has 0 aliphatic carbocycles. The molecular weight excluding hydrogens is 521 g/mol. The van der Waals surface area contributed by atoms with E-state index in [1.807, 2.05) is 30.3 Å². The van der Waals surface area contributed by atoms with E-state index in [9.17, 15) is 9.59 Å². The summed E-state index contributed by atoms with van der Waals surface area (Å²) < 4.78 is 9.19. The Balaban J connectivity index is 1.19. The number of hydrogen-bond acceptors (Lipinski definition) is 4. The fourth-order valence-electron chi connectivity index (χ4n) is 5.19. The topological polar surface area (TPSA) is 55.4 Å². The molecule has 32 heavy (non-hydrogen) atoms. The van der Waals surface area contributed by atoms with E-state index in [1.54, 1.807) is 0 Å². The first kappa shape index (κ1) is 20.2. The van der Waals surface area contributed by atoms with Crippen molar-refractivity contribution in [1.29, 1.82) is 0 Å². The Bertz CT molecular complexity index is 1260. The van der Waals surface area contributed by atoms with Gasteiger partial charge >= 0.3 is 199 Å². The number of nitrogens with one attached hydrogen (secondary N) is 1. The molecule has 156 valence electrons. The number of amides is 2. The minimum absolute atomic E-state index is 0.110. The Morgan fingerprint density at radius 1 is 0.906 bits per heavy atom. The van der Waals surface area contributed by atoms with Gasteiger partial charge in [-0.3, -0.25) is 0 Å². The molecule has 3 aromatic carbocycles. The van der Waals surface area contributed by atoms with Gasteiger partial charge in [0.2, 0.25) is 0 Å². The molecule has 2 amide bonds. The molecule has 2 atom stereocenters. The van der Waals surface area contributed by atoms with Crippen LogP contribution < -0.4 is 13.4 Å². The number of ether oxygens (including phenoxy) is 1. The van der Waals surface area contributed by atoms with Gasteiger partial charge in [0.15, 0.2) is 0 Å². The summed E-state index contributed by atoms with van der Waals surface area (Å²) in [5, 5.41) is 2.03. The summed E-state index contributed by atoms with van der Waals surface area (Å²) in [7, 11) is 0. The zero-order chi connectivity index (χ0) is 21.7. The average Bonchev–Trinajstić information content (AvgIpc) is 3.38. The number of rotatable bonds is 6. The summed E-state index contributed by atoms with van der Waals surface area (Å²) in [4.78, 5) is 24.3. The number of benzene rings is 3. The molecule has 6 rings (SSSR count). The molecule has 3 aliphatic rings. The van der Waals surface area contributed by atoms with Gasteiger partial charge in [0.05, 0.1) is 0 Å². The molecule has 3 aromatic rings. The molecule has 4 nitrogen and oxygen atoms in total. The maximum atomic E-state index is 12.5. The van der Waals surface area contributed by atoms with E-state index in [4.69, 9.17) is 4.74 Å². The fourth-order valence-corrected chi connectivity index (χ4v) is 19.5. The maximum absolute atomic E-state index is 12.5. The molecular formula is C26H20InNO3S. The van der Waals surface area contributed by atoms with Crippen molar-refractivity contribution in [3.8, 4) is 5.75 Å². The van der Waals surface area contributed by atoms with Crippen molar-refractivity contribution in [3.63, 3.8) is 0 Å². The van der Waals surface area contributed by atoms with Gasteiger partial charge < -0.3 is 0 Å². The molecule has 4 bridgehead atoms. The third kappa shape index (κ3) is 3.50. The van der Waals surface area contributed by atoms with Gasteiger partial charge in [0.1, 0.15) is 0 Å². The van der Waals surface area contributed by atoms with Crippen molar-refractivity contribution in [2.24, 2.45) is 0 Å². The normalized spacial score (nSPS) is 20.5. The first-order valence-corrected chi connectivity index (χ1v) is 16.9. The minimum atomic E-state index is -2.45. The van der Waals surface area contributed by atoms with Crippen LogP contribution in [0.3, 0.4) is 0 Å². The number of thioether (sulfide) groups is 1. The van der Waals surface area contributed by atoms with Crippen LogP contribution in [0.5, 0.6) is 5.75 Å². The Kier molecular flexibility index (Phi) is 5.15. The first-order valence-electron chi connectivity index (χ1n) is 10.8. The summed E-state index contributed by atoms with van der Waals surface area (Å²) in [5.41, 5.74) is 5.04. The van der Waals surface area contributed by atoms with Crippen LogP contribution in [0.15, 0.2) is 76.1 Å². The molecule has 0 aromatic heterocycles. The van der Waals surface area contributed by atoms with Crippen molar-refractivity contribution in [1.82, 2.24) is 5.32 Å². The Morgan fingerprint density at radius 2 is 1.72 bits per heavy atom. The Hall–Kier alpha value is -2.44. The van der Waals surface area contributed by atoms with Crippen LogP contribution in [0.4, 0.5) is 4.79 Å². The van der Waals surface area contributed by atoms with Gasteiger partial charge in [-0.05, 0) is 0 Å². The second-order valence-corrected chi connectivity index (χ2v) is 18.3. The molecule has 0 spiro atoms. The van der Waals surface area contributed by atoms with E-state index in [0.29, 0.717) is 6.61 Å². The van der Waals surface area contributed by atoms with Crippen LogP contribution in [0, 0.1) is 0 Å². The van der Waals surface area contributed by atoms with Gasteiger partial charge in [-0.2, -0.15) is 0 Å². The quantitative estimate of drug-likeness (QED) is 0.510. The molecule has 1 saturated heterocycles. The monoisotopic (exact) mass is 541 g/mol. The van der Waals surface area contributed by atoms with E-state index in [-0.39, 0.29) is 20.1 Å². The molecule has 1 N–H and O–H groups in total. The Morgan fingerprint density at radius 3 is 2.44 bits per heavy atom. The molecule has 3 aliphatic heterocycles. The van der Waals surface area contributed by atoms with Crippen LogP contribution >= 0.6 is 11.8 Å². The fraction of sp³-hybridized carbons (Fsp3) is 0.154. The van der Waals surface area contributed by atoms with Crippen molar-refractivity contribution in [2.75, 3.05) is 0 Å².